The molecule has 2 aliphatic rings. The Kier molecular flexibility index (Phi) is 5.34. The highest BCUT2D eigenvalue weighted by molar-refractivity contribution is 6.33. The number of carbonyl (C=O) groups is 1. The third kappa shape index (κ3) is 3.31. The third-order valence-corrected chi connectivity index (χ3v) is 6.98. The monoisotopic (exact) mass is 412 g/mol. The Morgan fingerprint density at radius 3 is 2.93 bits per heavy atom. The molecule has 1 aromatic carbocycles. The van der Waals surface area contributed by atoms with Crippen LogP contribution in [0.4, 0.5) is 0 Å². The summed E-state index contributed by atoms with van der Waals surface area (Å²) in [5, 5.41) is 14.7. The Labute approximate surface area is 175 Å². The molecule has 152 valence electrons. The van der Waals surface area contributed by atoms with Crippen molar-refractivity contribution in [3.8, 4) is 17.3 Å². The molecule has 1 aromatic heterocycles. The number of nitrogens with two attached hydrogens (primary N) is 1. The van der Waals surface area contributed by atoms with E-state index in [1.807, 2.05) is 37.0 Å². The van der Waals surface area contributed by atoms with Crippen molar-refractivity contribution in [2.75, 3.05) is 6.54 Å². The van der Waals surface area contributed by atoms with Crippen molar-refractivity contribution in [2.45, 2.75) is 38.1 Å². The van der Waals surface area contributed by atoms with Gasteiger partial charge in [0.15, 0.2) is 0 Å². The first kappa shape index (κ1) is 19.9. The lowest BCUT2D eigenvalue weighted by Gasteiger charge is -2.43. The number of rotatable bonds is 3. The van der Waals surface area contributed by atoms with Gasteiger partial charge in [-0.25, -0.2) is 5.43 Å². The lowest BCUT2D eigenvalue weighted by molar-refractivity contribution is -0.133. The molecule has 1 aliphatic heterocycles. The highest BCUT2D eigenvalue weighted by Gasteiger charge is 2.43. The van der Waals surface area contributed by atoms with Gasteiger partial charge in [-0.1, -0.05) is 23.7 Å². The topological polar surface area (TPSA) is 109 Å². The van der Waals surface area contributed by atoms with Gasteiger partial charge in [-0.2, -0.15) is 10.4 Å². The number of hydrogen-bond acceptors (Lipinski definition) is 5. The highest BCUT2D eigenvalue weighted by atomic mass is 35.5. The maximum absolute atomic E-state index is 12.3. The summed E-state index contributed by atoms with van der Waals surface area (Å²) >= 11 is 6.43. The second-order valence-corrected chi connectivity index (χ2v) is 8.44. The molecule has 2 aromatic rings. The minimum Gasteiger partial charge on any atom is -0.329 e. The molecule has 0 bridgehead atoms. The van der Waals surface area contributed by atoms with Gasteiger partial charge in [0.1, 0.15) is 6.07 Å². The number of hydrogen-bond donors (Lipinski definition) is 3. The average molecular weight is 413 g/mol. The molecule has 1 aliphatic carbocycles. The zero-order valence-electron chi connectivity index (χ0n) is 16.6. The van der Waals surface area contributed by atoms with Gasteiger partial charge in [0.05, 0.1) is 22.5 Å². The zero-order valence-corrected chi connectivity index (χ0v) is 17.3. The number of aryl methyl sites for hydroxylation is 2. The third-order valence-electron chi connectivity index (χ3n) is 6.50. The van der Waals surface area contributed by atoms with E-state index >= 15 is 0 Å². The minimum atomic E-state index is -0.00957. The number of hydrazine groups is 1. The number of nitriles is 1. The molecule has 2 fully saturated rings. The first-order valence-electron chi connectivity index (χ1n) is 9.93. The van der Waals surface area contributed by atoms with Gasteiger partial charge in [0.25, 0.3) is 0 Å². The number of benzene rings is 1. The van der Waals surface area contributed by atoms with Crippen LogP contribution < -0.4 is 16.6 Å². The summed E-state index contributed by atoms with van der Waals surface area (Å²) in [6.45, 7) is 2.37. The molecule has 4 N–H and O–H groups in total. The van der Waals surface area contributed by atoms with Crippen molar-refractivity contribution >= 4 is 17.5 Å². The van der Waals surface area contributed by atoms with Crippen molar-refractivity contribution in [1.82, 2.24) is 20.6 Å². The van der Waals surface area contributed by atoms with Gasteiger partial charge >= 0.3 is 0 Å². The molecule has 0 radical (unpaired) electrons. The van der Waals surface area contributed by atoms with Crippen LogP contribution in [-0.4, -0.2) is 28.3 Å². The van der Waals surface area contributed by atoms with E-state index in [2.05, 4.69) is 22.0 Å². The summed E-state index contributed by atoms with van der Waals surface area (Å²) in [4.78, 5) is 12.3. The maximum atomic E-state index is 12.3. The molecular weight excluding hydrogens is 388 g/mol. The van der Waals surface area contributed by atoms with E-state index in [1.54, 1.807) is 0 Å². The van der Waals surface area contributed by atoms with Gasteiger partial charge in [-0.05, 0) is 43.6 Å². The molecule has 7 nitrogen and oxygen atoms in total. The van der Waals surface area contributed by atoms with Crippen LogP contribution in [0, 0.1) is 30.1 Å². The van der Waals surface area contributed by atoms with Gasteiger partial charge in [0, 0.05) is 36.7 Å². The Balaban J connectivity index is 1.73. The first-order valence-corrected chi connectivity index (χ1v) is 10.3. The number of carbonyl (C=O) groups excluding carboxylic acids is 1. The Morgan fingerprint density at radius 1 is 1.41 bits per heavy atom. The van der Waals surface area contributed by atoms with E-state index in [4.69, 9.17) is 17.3 Å². The second-order valence-electron chi connectivity index (χ2n) is 8.06. The molecule has 8 heteroatoms. The lowest BCUT2D eigenvalue weighted by atomic mass is 9.68. The van der Waals surface area contributed by atoms with E-state index in [0.717, 1.165) is 41.6 Å². The van der Waals surface area contributed by atoms with Crippen LogP contribution in [0.1, 0.15) is 41.9 Å². The second kappa shape index (κ2) is 7.79. The predicted molar refractivity (Wildman–Crippen MR) is 111 cm³/mol. The van der Waals surface area contributed by atoms with E-state index in [9.17, 15) is 10.1 Å². The minimum absolute atomic E-state index is 0.00957. The van der Waals surface area contributed by atoms with E-state index in [0.29, 0.717) is 17.1 Å². The number of nitrogens with one attached hydrogen (secondary N) is 2. The number of nitrogens with zero attached hydrogens (tertiary/aromatic N) is 3. The van der Waals surface area contributed by atoms with E-state index in [1.165, 1.54) is 0 Å². The predicted octanol–water partition coefficient (Wildman–Crippen LogP) is 2.38. The van der Waals surface area contributed by atoms with E-state index in [-0.39, 0.29) is 29.7 Å². The molecular formula is C21H25ClN6O. The van der Waals surface area contributed by atoms with Crippen molar-refractivity contribution in [2.24, 2.45) is 24.6 Å². The standard InChI is InChI=1S/C21H25ClN6O/c1-11-3-5-13(16(8-23)19(11)22)20-17(10-25-28(20)2)12-4-6-14-15(7-12)18(9-24)26-27-21(14)29/h3,5,10,12,14-15,18,26H,4,6-7,9,24H2,1-2H3,(H,27,29). The number of aromatic nitrogens is 2. The molecule has 0 spiro atoms. The first-order chi connectivity index (χ1) is 14.0. The van der Waals surface area contributed by atoms with Crippen LogP contribution in [0.2, 0.25) is 5.02 Å². The SMILES string of the molecule is Cc1ccc(-c2c(C3CCC4C(=O)NNC(CN)C4C3)cnn2C)c(C#N)c1Cl. The van der Waals surface area contributed by atoms with Crippen molar-refractivity contribution < 1.29 is 4.79 Å². The zero-order chi connectivity index (χ0) is 20.7. The van der Waals surface area contributed by atoms with Gasteiger partial charge in [-0.3, -0.25) is 14.9 Å². The van der Waals surface area contributed by atoms with Crippen molar-refractivity contribution in [1.29, 1.82) is 5.26 Å². The summed E-state index contributed by atoms with van der Waals surface area (Å²) < 4.78 is 1.81. The maximum Gasteiger partial charge on any atom is 0.237 e. The van der Waals surface area contributed by atoms with Crippen molar-refractivity contribution in [3.05, 3.63) is 40.0 Å². The summed E-state index contributed by atoms with van der Waals surface area (Å²) in [6.07, 6.45) is 4.45. The number of fused-ring (bicyclic) bond motifs is 1. The molecule has 4 atom stereocenters. The van der Waals surface area contributed by atoms with Crippen LogP contribution in [-0.2, 0) is 11.8 Å². The summed E-state index contributed by atoms with van der Waals surface area (Å²) in [5.74, 6) is 0.470. The molecule has 1 saturated carbocycles. The highest BCUT2D eigenvalue weighted by Crippen LogP contribution is 2.45. The number of halogens is 1. The molecule has 4 rings (SSSR count). The molecule has 1 saturated heterocycles. The number of amides is 1. The van der Waals surface area contributed by atoms with Crippen LogP contribution in [0.5, 0.6) is 0 Å². The fourth-order valence-electron chi connectivity index (χ4n) is 4.93. The fourth-order valence-corrected chi connectivity index (χ4v) is 5.13. The summed E-state index contributed by atoms with van der Waals surface area (Å²) in [5.41, 5.74) is 16.0. The molecule has 4 unspecified atom stereocenters. The van der Waals surface area contributed by atoms with Gasteiger partial charge in [0.2, 0.25) is 5.91 Å². The fraction of sp³-hybridized carbons (Fsp3) is 0.476. The Bertz CT molecular complexity index is 994. The van der Waals surface area contributed by atoms with Crippen LogP contribution in [0.25, 0.3) is 11.3 Å². The normalized spacial score (nSPS) is 26.5. The lowest BCUT2D eigenvalue weighted by Crippen LogP contribution is -2.62. The smallest absolute Gasteiger partial charge is 0.237 e. The Hall–Kier alpha value is -2.40. The molecule has 2 heterocycles. The van der Waals surface area contributed by atoms with Crippen LogP contribution in [0.3, 0.4) is 0 Å². The Morgan fingerprint density at radius 2 is 2.21 bits per heavy atom. The average Bonchev–Trinajstić information content (AvgIpc) is 3.11. The molecule has 29 heavy (non-hydrogen) atoms. The largest absolute Gasteiger partial charge is 0.329 e. The van der Waals surface area contributed by atoms with Gasteiger partial charge in [-0.15, -0.1) is 0 Å². The van der Waals surface area contributed by atoms with Crippen LogP contribution in [0.15, 0.2) is 18.3 Å². The van der Waals surface area contributed by atoms with Gasteiger partial charge < -0.3 is 5.73 Å². The van der Waals surface area contributed by atoms with Crippen LogP contribution >= 0.6 is 11.6 Å². The quantitative estimate of drug-likeness (QED) is 0.717. The van der Waals surface area contributed by atoms with E-state index < -0.39 is 0 Å². The summed E-state index contributed by atoms with van der Waals surface area (Å²) in [7, 11) is 1.89. The summed E-state index contributed by atoms with van der Waals surface area (Å²) in [6, 6.07) is 6.21. The molecule has 1 amide bonds. The van der Waals surface area contributed by atoms with Crippen molar-refractivity contribution in [3.63, 3.8) is 0 Å².